The van der Waals surface area contributed by atoms with Crippen molar-refractivity contribution >= 4 is 28.7 Å². The van der Waals surface area contributed by atoms with Crippen molar-refractivity contribution in [3.63, 3.8) is 0 Å². The molecular weight excluding hydrogens is 338 g/mol. The number of hydrogen-bond donors (Lipinski definition) is 1. The van der Waals surface area contributed by atoms with Crippen LogP contribution in [-0.4, -0.2) is 32.7 Å². The first-order chi connectivity index (χ1) is 12.0. The molecule has 2 unspecified atom stereocenters. The van der Waals surface area contributed by atoms with E-state index in [4.69, 9.17) is 4.74 Å². The van der Waals surface area contributed by atoms with Gasteiger partial charge in [-0.1, -0.05) is 36.4 Å². The van der Waals surface area contributed by atoms with Crippen molar-refractivity contribution in [3.8, 4) is 0 Å². The minimum Gasteiger partial charge on any atom is -0.345 e. The van der Waals surface area contributed by atoms with Crippen LogP contribution >= 0.6 is 11.8 Å². The molecule has 25 heavy (non-hydrogen) atoms. The molecule has 0 aliphatic carbocycles. The average molecular weight is 357 g/mol. The Morgan fingerprint density at radius 2 is 2.00 bits per heavy atom. The number of nitrogens with one attached hydrogen (secondary N) is 1. The van der Waals surface area contributed by atoms with E-state index in [0.717, 1.165) is 22.9 Å². The summed E-state index contributed by atoms with van der Waals surface area (Å²) in [5.41, 5.74) is 1.04. The van der Waals surface area contributed by atoms with Gasteiger partial charge in [0.15, 0.2) is 5.44 Å². The lowest BCUT2D eigenvalue weighted by Gasteiger charge is -2.19. The number of pyridine rings is 1. The number of benzene rings is 1. The van der Waals surface area contributed by atoms with E-state index in [1.54, 1.807) is 13.1 Å². The summed E-state index contributed by atoms with van der Waals surface area (Å²) < 4.78 is 5.72. The van der Waals surface area contributed by atoms with Crippen LogP contribution < -0.4 is 5.32 Å². The van der Waals surface area contributed by atoms with Gasteiger partial charge in [-0.25, -0.2) is 4.98 Å². The summed E-state index contributed by atoms with van der Waals surface area (Å²) in [6, 6.07) is 13.2. The molecule has 1 aliphatic heterocycles. The Labute approximate surface area is 150 Å². The van der Waals surface area contributed by atoms with Gasteiger partial charge in [-0.05, 0) is 42.8 Å². The Morgan fingerprint density at radius 1 is 1.24 bits per heavy atom. The van der Waals surface area contributed by atoms with Crippen molar-refractivity contribution in [1.29, 1.82) is 0 Å². The minimum atomic E-state index is -0.845. The van der Waals surface area contributed by atoms with Crippen molar-refractivity contribution in [2.45, 2.75) is 32.1 Å². The summed E-state index contributed by atoms with van der Waals surface area (Å²) in [4.78, 5) is 30.1. The zero-order valence-corrected chi connectivity index (χ0v) is 14.8. The van der Waals surface area contributed by atoms with Gasteiger partial charge in [0.05, 0.1) is 6.54 Å². The molecule has 1 N–H and O–H groups in total. The van der Waals surface area contributed by atoms with E-state index >= 15 is 0 Å². The molecule has 0 saturated carbocycles. The maximum atomic E-state index is 12.5. The standard InChI is InChI=1S/C18H19N3O3S/c1-12-7-6-10-19-15(12)20-13(2)24-17-16(22)21(18(23)25-17)11-14-8-4-3-5-9-14/h3-10,13,17H,11H2,1-2H3,(H,19,20). The second kappa shape index (κ2) is 7.67. The second-order valence-corrected chi connectivity index (χ2v) is 6.73. The average Bonchev–Trinajstić information content (AvgIpc) is 2.85. The predicted octanol–water partition coefficient (Wildman–Crippen LogP) is 3.39. The van der Waals surface area contributed by atoms with Gasteiger partial charge in [0.25, 0.3) is 11.1 Å². The van der Waals surface area contributed by atoms with E-state index in [1.165, 1.54) is 4.90 Å². The van der Waals surface area contributed by atoms with Gasteiger partial charge in [-0.2, -0.15) is 0 Å². The van der Waals surface area contributed by atoms with Crippen LogP contribution in [0.25, 0.3) is 0 Å². The summed E-state index contributed by atoms with van der Waals surface area (Å²) in [7, 11) is 0. The highest BCUT2D eigenvalue weighted by Crippen LogP contribution is 2.30. The molecule has 1 fully saturated rings. The van der Waals surface area contributed by atoms with Gasteiger partial charge >= 0.3 is 0 Å². The third-order valence-corrected chi connectivity index (χ3v) is 4.71. The molecule has 7 heteroatoms. The van der Waals surface area contributed by atoms with Crippen LogP contribution in [0.5, 0.6) is 0 Å². The highest BCUT2D eigenvalue weighted by Gasteiger charge is 2.41. The summed E-state index contributed by atoms with van der Waals surface area (Å²) in [5.74, 6) is 0.364. The summed E-state index contributed by atoms with van der Waals surface area (Å²) >= 11 is 0.899. The Hall–Kier alpha value is -2.38. The van der Waals surface area contributed by atoms with Crippen LogP contribution in [0.4, 0.5) is 10.6 Å². The summed E-state index contributed by atoms with van der Waals surface area (Å²) in [6.45, 7) is 3.97. The van der Waals surface area contributed by atoms with Gasteiger partial charge in [0, 0.05) is 6.20 Å². The molecule has 0 bridgehead atoms. The Balaban J connectivity index is 1.61. The molecule has 1 aliphatic rings. The summed E-state index contributed by atoms with van der Waals surface area (Å²) in [6.07, 6.45) is 1.22. The molecule has 3 rings (SSSR count). The number of nitrogens with zero attached hydrogens (tertiary/aromatic N) is 2. The first kappa shape index (κ1) is 17.4. The monoisotopic (exact) mass is 357 g/mol. The number of ether oxygens (including phenoxy) is 1. The highest BCUT2D eigenvalue weighted by molar-refractivity contribution is 8.15. The molecule has 2 atom stereocenters. The van der Waals surface area contributed by atoms with Gasteiger partial charge in [0.1, 0.15) is 12.0 Å². The molecular formula is C18H19N3O3S. The fourth-order valence-electron chi connectivity index (χ4n) is 2.47. The molecule has 6 nitrogen and oxygen atoms in total. The molecule has 1 aromatic heterocycles. The van der Waals surface area contributed by atoms with Crippen LogP contribution in [0.15, 0.2) is 48.7 Å². The van der Waals surface area contributed by atoms with Crippen LogP contribution in [0.3, 0.4) is 0 Å². The van der Waals surface area contributed by atoms with Gasteiger partial charge in [0.2, 0.25) is 0 Å². The lowest BCUT2D eigenvalue weighted by atomic mass is 10.2. The first-order valence-corrected chi connectivity index (χ1v) is 8.82. The molecule has 2 heterocycles. The van der Waals surface area contributed by atoms with Crippen LogP contribution in [0.2, 0.25) is 0 Å². The smallest absolute Gasteiger partial charge is 0.291 e. The maximum Gasteiger partial charge on any atom is 0.291 e. The zero-order chi connectivity index (χ0) is 17.8. The number of carbonyl (C=O) groups excluding carboxylic acids is 2. The largest absolute Gasteiger partial charge is 0.345 e. The fourth-order valence-corrected chi connectivity index (χ4v) is 3.38. The van der Waals surface area contributed by atoms with E-state index in [-0.39, 0.29) is 17.7 Å². The minimum absolute atomic E-state index is 0.256. The topological polar surface area (TPSA) is 71.5 Å². The number of imide groups is 1. The SMILES string of the molecule is Cc1cccnc1NC(C)OC1SC(=O)N(Cc2ccccc2)C1=O. The molecule has 1 aromatic carbocycles. The van der Waals surface area contributed by atoms with Crippen molar-refractivity contribution in [2.24, 2.45) is 0 Å². The Kier molecular flexibility index (Phi) is 5.35. The quantitative estimate of drug-likeness (QED) is 0.799. The zero-order valence-electron chi connectivity index (χ0n) is 14.0. The third-order valence-electron chi connectivity index (χ3n) is 3.76. The molecule has 0 radical (unpaired) electrons. The number of rotatable bonds is 6. The lowest BCUT2D eigenvalue weighted by molar-refractivity contribution is -0.135. The Morgan fingerprint density at radius 3 is 2.72 bits per heavy atom. The van der Waals surface area contributed by atoms with E-state index in [0.29, 0.717) is 5.82 Å². The second-order valence-electron chi connectivity index (χ2n) is 5.72. The molecule has 2 aromatic rings. The first-order valence-electron chi connectivity index (χ1n) is 7.94. The van der Waals surface area contributed by atoms with E-state index in [9.17, 15) is 9.59 Å². The van der Waals surface area contributed by atoms with Gasteiger partial charge in [-0.15, -0.1) is 0 Å². The fraction of sp³-hybridized carbons (Fsp3) is 0.278. The maximum absolute atomic E-state index is 12.5. The molecule has 2 amide bonds. The van der Waals surface area contributed by atoms with Crippen LogP contribution in [0, 0.1) is 6.92 Å². The van der Waals surface area contributed by atoms with Crippen LogP contribution in [0.1, 0.15) is 18.1 Å². The number of aromatic nitrogens is 1. The summed E-state index contributed by atoms with van der Waals surface area (Å²) in [5, 5.41) is 2.82. The predicted molar refractivity (Wildman–Crippen MR) is 96.9 cm³/mol. The van der Waals surface area contributed by atoms with Crippen molar-refractivity contribution in [1.82, 2.24) is 9.88 Å². The number of anilines is 1. The van der Waals surface area contributed by atoms with Gasteiger partial charge < -0.3 is 10.1 Å². The van der Waals surface area contributed by atoms with Crippen molar-refractivity contribution in [2.75, 3.05) is 5.32 Å². The van der Waals surface area contributed by atoms with Crippen molar-refractivity contribution in [3.05, 3.63) is 59.8 Å². The lowest BCUT2D eigenvalue weighted by Crippen LogP contribution is -2.34. The number of carbonyl (C=O) groups is 2. The normalized spacial score (nSPS) is 18.5. The molecule has 0 spiro atoms. The number of hydrogen-bond acceptors (Lipinski definition) is 6. The van der Waals surface area contributed by atoms with Crippen LogP contribution in [-0.2, 0) is 16.1 Å². The van der Waals surface area contributed by atoms with E-state index in [1.807, 2.05) is 49.4 Å². The van der Waals surface area contributed by atoms with Crippen molar-refractivity contribution < 1.29 is 14.3 Å². The third kappa shape index (κ3) is 4.18. The van der Waals surface area contributed by atoms with E-state index < -0.39 is 11.7 Å². The Bertz CT molecular complexity index is 769. The molecule has 1 saturated heterocycles. The highest BCUT2D eigenvalue weighted by atomic mass is 32.2. The number of aryl methyl sites for hydroxylation is 1. The number of thioether (sulfide) groups is 1. The molecule has 130 valence electrons. The van der Waals surface area contributed by atoms with E-state index in [2.05, 4.69) is 10.3 Å². The number of amides is 2. The van der Waals surface area contributed by atoms with Gasteiger partial charge in [-0.3, -0.25) is 14.5 Å².